The van der Waals surface area contributed by atoms with E-state index < -0.39 is 5.97 Å². The maximum absolute atomic E-state index is 12.4. The van der Waals surface area contributed by atoms with Crippen molar-refractivity contribution in [1.29, 1.82) is 0 Å². The smallest absolute Gasteiger partial charge is 0.320 e. The van der Waals surface area contributed by atoms with Crippen LogP contribution in [0.3, 0.4) is 0 Å². The highest BCUT2D eigenvalue weighted by molar-refractivity contribution is 7.99. The number of carbonyl (C=O) groups excluding carboxylic acids is 2. The summed E-state index contributed by atoms with van der Waals surface area (Å²) in [7, 11) is 1.52. The molecule has 3 amide bonds. The summed E-state index contributed by atoms with van der Waals surface area (Å²) < 4.78 is 0. The monoisotopic (exact) mass is 303 g/mol. The molecule has 1 saturated heterocycles. The number of hydrogen-bond donors (Lipinski definition) is 2. The summed E-state index contributed by atoms with van der Waals surface area (Å²) in [6, 6.07) is -0.569. The summed E-state index contributed by atoms with van der Waals surface area (Å²) in [6.07, 6.45) is -0.0593. The minimum Gasteiger partial charge on any atom is -0.481 e. The summed E-state index contributed by atoms with van der Waals surface area (Å²) in [5, 5.41) is 11.4. The first-order valence-electron chi connectivity index (χ1n) is 6.55. The molecule has 2 N–H and O–H groups in total. The molecule has 0 aromatic carbocycles. The van der Waals surface area contributed by atoms with Gasteiger partial charge in [0.25, 0.3) is 0 Å². The second-order valence-electron chi connectivity index (χ2n) is 4.49. The van der Waals surface area contributed by atoms with Crippen molar-refractivity contribution < 1.29 is 19.5 Å². The van der Waals surface area contributed by atoms with Gasteiger partial charge in [0.1, 0.15) is 6.54 Å². The van der Waals surface area contributed by atoms with Crippen molar-refractivity contribution in [2.24, 2.45) is 0 Å². The average Bonchev–Trinajstić information content (AvgIpc) is 2.43. The molecule has 0 bridgehead atoms. The van der Waals surface area contributed by atoms with Crippen LogP contribution in [-0.2, 0) is 9.59 Å². The molecule has 1 aliphatic rings. The fourth-order valence-electron chi connectivity index (χ4n) is 2.03. The summed E-state index contributed by atoms with van der Waals surface area (Å²) in [5.41, 5.74) is 0. The second-order valence-corrected chi connectivity index (χ2v) is 5.64. The third-order valence-electron chi connectivity index (χ3n) is 3.15. The van der Waals surface area contributed by atoms with E-state index in [1.165, 1.54) is 11.9 Å². The minimum absolute atomic E-state index is 0.00469. The number of rotatable bonds is 5. The average molecular weight is 303 g/mol. The number of urea groups is 1. The molecule has 1 fully saturated rings. The Bertz CT molecular complexity index is 378. The van der Waals surface area contributed by atoms with Crippen LogP contribution in [0.4, 0.5) is 4.79 Å². The Balaban J connectivity index is 2.73. The van der Waals surface area contributed by atoms with Crippen molar-refractivity contribution in [3.63, 3.8) is 0 Å². The lowest BCUT2D eigenvalue weighted by atomic mass is 10.2. The van der Waals surface area contributed by atoms with Crippen LogP contribution in [-0.4, -0.2) is 77.0 Å². The SMILES string of the molecule is CCN(CC(=O)NC)C(=O)N1CCSCC1CC(=O)O. The number of amides is 3. The molecule has 114 valence electrons. The van der Waals surface area contributed by atoms with Crippen LogP contribution in [0.15, 0.2) is 0 Å². The van der Waals surface area contributed by atoms with Gasteiger partial charge in [-0.1, -0.05) is 0 Å². The molecule has 20 heavy (non-hydrogen) atoms. The van der Waals surface area contributed by atoms with E-state index in [1.807, 2.05) is 0 Å². The fourth-order valence-corrected chi connectivity index (χ4v) is 3.09. The quantitative estimate of drug-likeness (QED) is 0.750. The molecule has 0 saturated carbocycles. The van der Waals surface area contributed by atoms with E-state index in [0.717, 1.165) is 5.75 Å². The van der Waals surface area contributed by atoms with Crippen molar-refractivity contribution >= 4 is 29.7 Å². The van der Waals surface area contributed by atoms with Gasteiger partial charge in [0.2, 0.25) is 5.91 Å². The van der Waals surface area contributed by atoms with Crippen molar-refractivity contribution in [2.75, 3.05) is 38.2 Å². The molecule has 1 unspecified atom stereocenters. The maximum atomic E-state index is 12.4. The summed E-state index contributed by atoms with van der Waals surface area (Å²) in [5.74, 6) is 0.264. The van der Waals surface area contributed by atoms with Gasteiger partial charge < -0.3 is 20.2 Å². The number of carbonyl (C=O) groups is 3. The van der Waals surface area contributed by atoms with Gasteiger partial charge in [0, 0.05) is 31.6 Å². The highest BCUT2D eigenvalue weighted by Gasteiger charge is 2.31. The normalized spacial score (nSPS) is 18.5. The zero-order chi connectivity index (χ0) is 15.1. The topological polar surface area (TPSA) is 90.0 Å². The standard InChI is InChI=1S/C12H21N3O4S/c1-3-14(7-10(16)13-2)12(19)15-4-5-20-8-9(15)6-11(17)18/h9H,3-8H2,1-2H3,(H,13,16)(H,17,18). The molecule has 0 aromatic rings. The van der Waals surface area contributed by atoms with E-state index in [2.05, 4.69) is 5.32 Å². The Morgan fingerprint density at radius 3 is 2.70 bits per heavy atom. The lowest BCUT2D eigenvalue weighted by molar-refractivity contribution is -0.138. The number of hydrogen-bond acceptors (Lipinski definition) is 4. The molecule has 8 heteroatoms. The number of nitrogens with one attached hydrogen (secondary N) is 1. The molecule has 7 nitrogen and oxygen atoms in total. The first-order chi connectivity index (χ1) is 9.49. The van der Waals surface area contributed by atoms with Gasteiger partial charge in [0.05, 0.1) is 12.5 Å². The van der Waals surface area contributed by atoms with E-state index in [4.69, 9.17) is 5.11 Å². The third-order valence-corrected chi connectivity index (χ3v) is 4.24. The molecule has 0 radical (unpaired) electrons. The van der Waals surface area contributed by atoms with Crippen LogP contribution in [0.2, 0.25) is 0 Å². The molecule has 1 heterocycles. The second kappa shape index (κ2) is 7.98. The predicted octanol–water partition coefficient (Wildman–Crippen LogP) is 0.0664. The van der Waals surface area contributed by atoms with E-state index in [-0.39, 0.29) is 30.9 Å². The minimum atomic E-state index is -0.912. The van der Waals surface area contributed by atoms with Gasteiger partial charge in [-0.25, -0.2) is 4.79 Å². The number of likely N-dealkylation sites (N-methyl/N-ethyl adjacent to an activating group) is 2. The van der Waals surface area contributed by atoms with Gasteiger partial charge in [-0.15, -0.1) is 0 Å². The van der Waals surface area contributed by atoms with E-state index >= 15 is 0 Å². The van der Waals surface area contributed by atoms with Crippen LogP contribution in [0.5, 0.6) is 0 Å². The van der Waals surface area contributed by atoms with Gasteiger partial charge >= 0.3 is 12.0 Å². The van der Waals surface area contributed by atoms with Gasteiger partial charge in [0.15, 0.2) is 0 Å². The Morgan fingerprint density at radius 1 is 1.45 bits per heavy atom. The predicted molar refractivity (Wildman–Crippen MR) is 76.8 cm³/mol. The molecule has 1 aliphatic heterocycles. The van der Waals surface area contributed by atoms with E-state index in [0.29, 0.717) is 18.8 Å². The molecule has 1 atom stereocenters. The first-order valence-corrected chi connectivity index (χ1v) is 7.70. The van der Waals surface area contributed by atoms with Gasteiger partial charge in [-0.3, -0.25) is 9.59 Å². The van der Waals surface area contributed by atoms with Crippen molar-refractivity contribution in [2.45, 2.75) is 19.4 Å². The molecule has 0 aliphatic carbocycles. The van der Waals surface area contributed by atoms with Crippen LogP contribution >= 0.6 is 11.8 Å². The third kappa shape index (κ3) is 4.59. The van der Waals surface area contributed by atoms with Crippen LogP contribution in [0.25, 0.3) is 0 Å². The summed E-state index contributed by atoms with van der Waals surface area (Å²) >= 11 is 1.65. The Kier molecular flexibility index (Phi) is 6.63. The van der Waals surface area contributed by atoms with E-state index in [1.54, 1.807) is 23.6 Å². The number of thioether (sulfide) groups is 1. The summed E-state index contributed by atoms with van der Waals surface area (Å²) in [4.78, 5) is 37.7. The molecule has 1 rings (SSSR count). The van der Waals surface area contributed by atoms with Crippen molar-refractivity contribution in [3.8, 4) is 0 Å². The van der Waals surface area contributed by atoms with Crippen molar-refractivity contribution in [1.82, 2.24) is 15.1 Å². The Hall–Kier alpha value is -1.44. The van der Waals surface area contributed by atoms with E-state index in [9.17, 15) is 14.4 Å². The van der Waals surface area contributed by atoms with Crippen LogP contribution in [0, 0.1) is 0 Å². The maximum Gasteiger partial charge on any atom is 0.320 e. The number of carboxylic acid groups (broad SMARTS) is 1. The summed E-state index contributed by atoms with van der Waals surface area (Å²) in [6.45, 7) is 2.72. The molecule has 0 spiro atoms. The first kappa shape index (κ1) is 16.6. The lowest BCUT2D eigenvalue weighted by Gasteiger charge is -2.37. The lowest BCUT2D eigenvalue weighted by Crippen LogP contribution is -2.54. The number of nitrogens with zero attached hydrogens (tertiary/aromatic N) is 2. The highest BCUT2D eigenvalue weighted by Crippen LogP contribution is 2.20. The Labute approximate surface area is 122 Å². The number of carboxylic acids is 1. The van der Waals surface area contributed by atoms with Gasteiger partial charge in [-0.2, -0.15) is 11.8 Å². The zero-order valence-electron chi connectivity index (χ0n) is 11.8. The fraction of sp³-hybridized carbons (Fsp3) is 0.750. The van der Waals surface area contributed by atoms with Crippen molar-refractivity contribution in [3.05, 3.63) is 0 Å². The molecular formula is C12H21N3O4S. The zero-order valence-corrected chi connectivity index (χ0v) is 12.6. The van der Waals surface area contributed by atoms with Crippen LogP contribution < -0.4 is 5.32 Å². The number of aliphatic carboxylic acids is 1. The molecule has 0 aromatic heterocycles. The van der Waals surface area contributed by atoms with Crippen LogP contribution in [0.1, 0.15) is 13.3 Å². The Morgan fingerprint density at radius 2 is 2.15 bits per heavy atom. The largest absolute Gasteiger partial charge is 0.481 e. The van der Waals surface area contributed by atoms with Gasteiger partial charge in [-0.05, 0) is 6.92 Å². The highest BCUT2D eigenvalue weighted by atomic mass is 32.2. The molecular weight excluding hydrogens is 282 g/mol.